The molecule has 0 aliphatic heterocycles. The van der Waals surface area contributed by atoms with Gasteiger partial charge in [-0.1, -0.05) is 38.7 Å². The van der Waals surface area contributed by atoms with Gasteiger partial charge in [-0.25, -0.2) is 4.39 Å². The van der Waals surface area contributed by atoms with Gasteiger partial charge in [0, 0.05) is 0 Å². The molecule has 0 radical (unpaired) electrons. The lowest BCUT2D eigenvalue weighted by molar-refractivity contribution is 0.302. The maximum absolute atomic E-state index is 13.8. The number of rotatable bonds is 6. The Hall–Kier alpha value is -1.05. The molecule has 0 aromatic heterocycles. The van der Waals surface area contributed by atoms with Crippen LogP contribution in [0.2, 0.25) is 0 Å². The molecule has 112 valence electrons. The van der Waals surface area contributed by atoms with E-state index in [0.717, 1.165) is 11.5 Å². The van der Waals surface area contributed by atoms with Gasteiger partial charge < -0.3 is 4.74 Å². The third-order valence-electron chi connectivity index (χ3n) is 4.71. The third-order valence-corrected chi connectivity index (χ3v) is 4.71. The van der Waals surface area contributed by atoms with Crippen molar-refractivity contribution >= 4 is 0 Å². The van der Waals surface area contributed by atoms with Crippen molar-refractivity contribution in [3.63, 3.8) is 0 Å². The summed E-state index contributed by atoms with van der Waals surface area (Å²) in [4.78, 5) is 0. The first-order chi connectivity index (χ1) is 9.74. The second-order valence-electron chi connectivity index (χ2n) is 6.11. The van der Waals surface area contributed by atoms with Crippen LogP contribution in [0.15, 0.2) is 18.2 Å². The molecule has 2 rings (SSSR count). The number of halogens is 1. The molecule has 0 unspecified atom stereocenters. The molecule has 1 nitrogen and oxygen atoms in total. The van der Waals surface area contributed by atoms with Gasteiger partial charge in [0.05, 0.1) is 7.11 Å². The van der Waals surface area contributed by atoms with Crippen molar-refractivity contribution in [1.82, 2.24) is 0 Å². The number of hydrogen-bond acceptors (Lipinski definition) is 1. The van der Waals surface area contributed by atoms with Gasteiger partial charge in [-0.3, -0.25) is 0 Å². The molecule has 0 amide bonds. The van der Waals surface area contributed by atoms with Gasteiger partial charge in [0.1, 0.15) is 0 Å². The molecule has 1 aromatic carbocycles. The Labute approximate surface area is 122 Å². The van der Waals surface area contributed by atoms with Crippen LogP contribution in [0.1, 0.15) is 69.8 Å². The van der Waals surface area contributed by atoms with E-state index in [1.54, 1.807) is 12.1 Å². The summed E-state index contributed by atoms with van der Waals surface area (Å²) in [5, 5.41) is 0. The van der Waals surface area contributed by atoms with Crippen LogP contribution in [0.3, 0.4) is 0 Å². The normalized spacial score (nSPS) is 22.8. The highest BCUT2D eigenvalue weighted by molar-refractivity contribution is 5.31. The van der Waals surface area contributed by atoms with E-state index >= 15 is 0 Å². The van der Waals surface area contributed by atoms with Crippen molar-refractivity contribution in [1.29, 1.82) is 0 Å². The number of unbranched alkanes of at least 4 members (excludes halogenated alkanes) is 2. The summed E-state index contributed by atoms with van der Waals surface area (Å²) in [6.07, 6.45) is 10.5. The topological polar surface area (TPSA) is 9.23 Å². The minimum absolute atomic E-state index is 0.227. The molecule has 1 fully saturated rings. The van der Waals surface area contributed by atoms with Crippen molar-refractivity contribution in [2.45, 2.75) is 64.2 Å². The summed E-state index contributed by atoms with van der Waals surface area (Å²) in [6, 6.07) is 5.46. The van der Waals surface area contributed by atoms with Crippen molar-refractivity contribution in [2.24, 2.45) is 5.92 Å². The van der Waals surface area contributed by atoms with Gasteiger partial charge in [0.15, 0.2) is 11.6 Å². The lowest BCUT2D eigenvalue weighted by Crippen LogP contribution is -2.13. The van der Waals surface area contributed by atoms with Crippen molar-refractivity contribution in [3.8, 4) is 5.75 Å². The van der Waals surface area contributed by atoms with Gasteiger partial charge >= 0.3 is 0 Å². The summed E-state index contributed by atoms with van der Waals surface area (Å²) < 4.78 is 18.7. The number of benzene rings is 1. The minimum atomic E-state index is -0.227. The van der Waals surface area contributed by atoms with E-state index < -0.39 is 0 Å². The van der Waals surface area contributed by atoms with Crippen LogP contribution < -0.4 is 4.74 Å². The van der Waals surface area contributed by atoms with E-state index in [-0.39, 0.29) is 5.82 Å². The third kappa shape index (κ3) is 3.97. The highest BCUT2D eigenvalue weighted by Gasteiger charge is 2.22. The van der Waals surface area contributed by atoms with Crippen LogP contribution in [0.5, 0.6) is 5.75 Å². The van der Waals surface area contributed by atoms with Gasteiger partial charge in [-0.2, -0.15) is 0 Å². The zero-order valence-corrected chi connectivity index (χ0v) is 12.8. The Morgan fingerprint density at radius 3 is 2.50 bits per heavy atom. The smallest absolute Gasteiger partial charge is 0.165 e. The molecular formula is C18H27FO. The SMILES string of the molecule is CCCCC[C@H]1CC[C@H](c2ccc(OC)c(F)c2)CC1. The lowest BCUT2D eigenvalue weighted by Gasteiger charge is -2.29. The van der Waals surface area contributed by atoms with Gasteiger partial charge in [0.25, 0.3) is 0 Å². The molecule has 0 heterocycles. The summed E-state index contributed by atoms with van der Waals surface area (Å²) in [7, 11) is 1.51. The lowest BCUT2D eigenvalue weighted by atomic mass is 9.77. The molecule has 0 spiro atoms. The maximum Gasteiger partial charge on any atom is 0.165 e. The second-order valence-corrected chi connectivity index (χ2v) is 6.11. The first-order valence-corrected chi connectivity index (χ1v) is 8.08. The van der Waals surface area contributed by atoms with Crippen LogP contribution in [0.25, 0.3) is 0 Å². The van der Waals surface area contributed by atoms with E-state index in [2.05, 4.69) is 6.92 Å². The van der Waals surface area contributed by atoms with Gasteiger partial charge in [-0.15, -0.1) is 0 Å². The van der Waals surface area contributed by atoms with Crippen molar-refractivity contribution < 1.29 is 9.13 Å². The first kappa shape index (κ1) is 15.3. The fourth-order valence-corrected chi connectivity index (χ4v) is 3.40. The Bertz CT molecular complexity index is 408. The summed E-state index contributed by atoms with van der Waals surface area (Å²) in [6.45, 7) is 2.26. The van der Waals surface area contributed by atoms with Crippen LogP contribution in [0.4, 0.5) is 4.39 Å². The summed E-state index contributed by atoms with van der Waals surface area (Å²) >= 11 is 0. The van der Waals surface area contributed by atoms with Gasteiger partial charge in [-0.05, 0) is 55.2 Å². The fraction of sp³-hybridized carbons (Fsp3) is 0.667. The molecule has 1 saturated carbocycles. The first-order valence-electron chi connectivity index (χ1n) is 8.08. The van der Waals surface area contributed by atoms with E-state index in [1.807, 2.05) is 6.07 Å². The zero-order chi connectivity index (χ0) is 14.4. The Balaban J connectivity index is 1.85. The molecule has 0 saturated heterocycles. The van der Waals surface area contributed by atoms with Crippen LogP contribution in [-0.2, 0) is 0 Å². The molecule has 0 atom stereocenters. The minimum Gasteiger partial charge on any atom is -0.494 e. The Kier molecular flexibility index (Phi) is 5.87. The highest BCUT2D eigenvalue weighted by atomic mass is 19.1. The van der Waals surface area contributed by atoms with Gasteiger partial charge in [0.2, 0.25) is 0 Å². The molecule has 0 bridgehead atoms. The van der Waals surface area contributed by atoms with Crippen molar-refractivity contribution in [2.75, 3.05) is 7.11 Å². The van der Waals surface area contributed by atoms with E-state index in [1.165, 1.54) is 58.5 Å². The number of ether oxygens (including phenoxy) is 1. The predicted molar refractivity (Wildman–Crippen MR) is 81.8 cm³/mol. The standard InChI is InChI=1S/C18H27FO/c1-3-4-5-6-14-7-9-15(10-8-14)16-11-12-18(20-2)17(19)13-16/h11-15H,3-10H2,1-2H3/t14-,15-. The average molecular weight is 278 g/mol. The molecule has 0 N–H and O–H groups in total. The maximum atomic E-state index is 13.8. The number of methoxy groups -OCH3 is 1. The highest BCUT2D eigenvalue weighted by Crippen LogP contribution is 2.38. The summed E-state index contributed by atoms with van der Waals surface area (Å²) in [5.41, 5.74) is 1.15. The molecule has 1 aromatic rings. The Morgan fingerprint density at radius 1 is 1.15 bits per heavy atom. The average Bonchev–Trinajstić information content (AvgIpc) is 2.48. The molecular weight excluding hydrogens is 251 g/mol. The second kappa shape index (κ2) is 7.66. The molecule has 1 aliphatic carbocycles. The van der Waals surface area contributed by atoms with Crippen molar-refractivity contribution in [3.05, 3.63) is 29.6 Å². The van der Waals surface area contributed by atoms with Crippen LogP contribution >= 0.6 is 0 Å². The molecule has 20 heavy (non-hydrogen) atoms. The summed E-state index contributed by atoms with van der Waals surface area (Å²) in [5.74, 6) is 1.57. The monoisotopic (exact) mass is 278 g/mol. The van der Waals surface area contributed by atoms with E-state index in [9.17, 15) is 4.39 Å². The Morgan fingerprint density at radius 2 is 1.90 bits per heavy atom. The van der Waals surface area contributed by atoms with E-state index in [0.29, 0.717) is 11.7 Å². The molecule has 1 aliphatic rings. The number of hydrogen-bond donors (Lipinski definition) is 0. The zero-order valence-electron chi connectivity index (χ0n) is 12.8. The fourth-order valence-electron chi connectivity index (χ4n) is 3.40. The molecule has 2 heteroatoms. The quantitative estimate of drug-likeness (QED) is 0.607. The van der Waals surface area contributed by atoms with E-state index in [4.69, 9.17) is 4.74 Å². The largest absolute Gasteiger partial charge is 0.494 e. The predicted octanol–water partition coefficient (Wildman–Crippen LogP) is 5.69. The van der Waals surface area contributed by atoms with Crippen LogP contribution in [-0.4, -0.2) is 7.11 Å². The van der Waals surface area contributed by atoms with Crippen LogP contribution in [0, 0.1) is 11.7 Å².